The summed E-state index contributed by atoms with van der Waals surface area (Å²) in [5.41, 5.74) is 7.32. The van der Waals surface area contributed by atoms with Gasteiger partial charge in [-0.05, 0) is 42.4 Å². The van der Waals surface area contributed by atoms with E-state index in [0.29, 0.717) is 10.7 Å². The maximum atomic E-state index is 6.02. The van der Waals surface area contributed by atoms with Gasteiger partial charge in [-0.25, -0.2) is 9.97 Å². The minimum atomic E-state index is 0.630. The van der Waals surface area contributed by atoms with E-state index in [-0.39, 0.29) is 0 Å². The summed E-state index contributed by atoms with van der Waals surface area (Å²) in [6, 6.07) is 5.49. The van der Waals surface area contributed by atoms with E-state index >= 15 is 0 Å². The van der Waals surface area contributed by atoms with Crippen LogP contribution >= 0.6 is 23.4 Å². The predicted molar refractivity (Wildman–Crippen MR) is 66.8 cm³/mol. The normalized spacial score (nSPS) is 10.4. The lowest BCUT2D eigenvalue weighted by atomic mass is 10.3. The van der Waals surface area contributed by atoms with Crippen LogP contribution in [0.4, 0.5) is 5.69 Å². The average Bonchev–Trinajstić information content (AvgIpc) is 2.25. The van der Waals surface area contributed by atoms with Crippen molar-refractivity contribution >= 4 is 29.1 Å². The molecule has 2 heterocycles. The Balaban J connectivity index is 2.31. The molecule has 0 spiro atoms. The van der Waals surface area contributed by atoms with Crippen LogP contribution in [0.3, 0.4) is 0 Å². The number of nitrogens with zero attached hydrogens (tertiary/aromatic N) is 2. The Bertz CT molecular complexity index is 516. The number of rotatable bonds is 2. The molecule has 0 unspecified atom stereocenters. The Morgan fingerprint density at radius 3 is 2.81 bits per heavy atom. The molecule has 0 aliphatic rings. The van der Waals surface area contributed by atoms with E-state index < -0.39 is 0 Å². The van der Waals surface area contributed by atoms with Gasteiger partial charge < -0.3 is 5.73 Å². The molecule has 0 saturated heterocycles. The van der Waals surface area contributed by atoms with Gasteiger partial charge >= 0.3 is 0 Å². The van der Waals surface area contributed by atoms with Crippen LogP contribution in [0.5, 0.6) is 0 Å². The minimum Gasteiger partial charge on any atom is -0.397 e. The first-order valence-corrected chi connectivity index (χ1v) is 5.87. The van der Waals surface area contributed by atoms with Gasteiger partial charge in [0, 0.05) is 6.20 Å². The van der Waals surface area contributed by atoms with Gasteiger partial charge in [0.2, 0.25) is 0 Å². The summed E-state index contributed by atoms with van der Waals surface area (Å²) in [4.78, 5) is 8.45. The molecule has 16 heavy (non-hydrogen) atoms. The summed E-state index contributed by atoms with van der Waals surface area (Å²) in [7, 11) is 0. The number of halogens is 1. The fourth-order valence-corrected chi connectivity index (χ4v) is 2.25. The van der Waals surface area contributed by atoms with Crippen LogP contribution in [0.1, 0.15) is 5.56 Å². The third kappa shape index (κ3) is 2.46. The van der Waals surface area contributed by atoms with Crippen molar-refractivity contribution in [2.45, 2.75) is 17.0 Å². The Labute approximate surface area is 103 Å². The van der Waals surface area contributed by atoms with Crippen molar-refractivity contribution in [2.24, 2.45) is 0 Å². The summed E-state index contributed by atoms with van der Waals surface area (Å²) in [5.74, 6) is 0. The van der Waals surface area contributed by atoms with E-state index in [0.717, 1.165) is 15.6 Å². The van der Waals surface area contributed by atoms with Crippen molar-refractivity contribution < 1.29 is 0 Å². The van der Waals surface area contributed by atoms with Crippen LogP contribution in [0, 0.1) is 6.92 Å². The molecular weight excluding hydrogens is 242 g/mol. The van der Waals surface area contributed by atoms with Gasteiger partial charge in [-0.3, -0.25) is 0 Å². The SMILES string of the molecule is Cc1cc(N)cnc1Sc1ncccc1Cl. The zero-order valence-corrected chi connectivity index (χ0v) is 10.2. The average molecular weight is 252 g/mol. The largest absolute Gasteiger partial charge is 0.397 e. The first-order chi connectivity index (χ1) is 7.66. The number of aryl methyl sites for hydroxylation is 1. The quantitative estimate of drug-likeness (QED) is 0.891. The summed E-state index contributed by atoms with van der Waals surface area (Å²) in [5, 5.41) is 2.25. The molecule has 2 N–H and O–H groups in total. The van der Waals surface area contributed by atoms with Crippen LogP contribution < -0.4 is 5.73 Å². The maximum absolute atomic E-state index is 6.02. The van der Waals surface area contributed by atoms with E-state index in [9.17, 15) is 0 Å². The van der Waals surface area contributed by atoms with Gasteiger partial charge in [0.25, 0.3) is 0 Å². The molecule has 0 saturated carbocycles. The van der Waals surface area contributed by atoms with Crippen molar-refractivity contribution in [1.29, 1.82) is 0 Å². The number of hydrogen-bond acceptors (Lipinski definition) is 4. The van der Waals surface area contributed by atoms with Gasteiger partial charge in [-0.1, -0.05) is 11.6 Å². The van der Waals surface area contributed by atoms with Gasteiger partial charge in [0.15, 0.2) is 0 Å². The molecular formula is C11H10ClN3S. The second-order valence-corrected chi connectivity index (χ2v) is 4.67. The molecule has 0 aliphatic carbocycles. The van der Waals surface area contributed by atoms with Gasteiger partial charge in [-0.15, -0.1) is 0 Å². The molecule has 0 aromatic carbocycles. The fourth-order valence-electron chi connectivity index (χ4n) is 1.23. The van der Waals surface area contributed by atoms with Crippen molar-refractivity contribution in [3.8, 4) is 0 Å². The highest BCUT2D eigenvalue weighted by molar-refractivity contribution is 7.99. The molecule has 82 valence electrons. The number of nitrogen functional groups attached to an aromatic ring is 1. The smallest absolute Gasteiger partial charge is 0.121 e. The topological polar surface area (TPSA) is 51.8 Å². The molecule has 3 nitrogen and oxygen atoms in total. The van der Waals surface area contributed by atoms with E-state index in [1.54, 1.807) is 18.5 Å². The van der Waals surface area contributed by atoms with Gasteiger partial charge in [0.1, 0.15) is 10.1 Å². The standard InChI is InChI=1S/C11H10ClN3S/c1-7-5-8(13)6-15-10(7)16-11-9(12)3-2-4-14-11/h2-6H,13H2,1H3. The molecule has 2 rings (SSSR count). The minimum absolute atomic E-state index is 0.630. The molecule has 0 bridgehead atoms. The first kappa shape index (κ1) is 11.2. The summed E-state index contributed by atoms with van der Waals surface area (Å²) in [6.07, 6.45) is 3.34. The van der Waals surface area contributed by atoms with E-state index in [4.69, 9.17) is 17.3 Å². The monoisotopic (exact) mass is 251 g/mol. The number of aromatic nitrogens is 2. The first-order valence-electron chi connectivity index (χ1n) is 4.67. The molecule has 0 fully saturated rings. The Morgan fingerprint density at radius 2 is 2.12 bits per heavy atom. The lowest BCUT2D eigenvalue weighted by molar-refractivity contribution is 1.06. The van der Waals surface area contributed by atoms with Crippen LogP contribution in [0.2, 0.25) is 5.02 Å². The zero-order chi connectivity index (χ0) is 11.5. The lowest BCUT2D eigenvalue weighted by Gasteiger charge is -2.05. The molecule has 0 amide bonds. The molecule has 0 atom stereocenters. The van der Waals surface area contributed by atoms with E-state index in [2.05, 4.69) is 9.97 Å². The summed E-state index contributed by atoms with van der Waals surface area (Å²) >= 11 is 7.46. The van der Waals surface area contributed by atoms with Crippen LogP contribution in [-0.4, -0.2) is 9.97 Å². The number of nitrogens with two attached hydrogens (primary N) is 1. The van der Waals surface area contributed by atoms with Crippen LogP contribution in [-0.2, 0) is 0 Å². The maximum Gasteiger partial charge on any atom is 0.121 e. The molecule has 5 heteroatoms. The van der Waals surface area contributed by atoms with E-state index in [1.807, 2.05) is 19.1 Å². The van der Waals surface area contributed by atoms with E-state index in [1.165, 1.54) is 11.8 Å². The van der Waals surface area contributed by atoms with Crippen LogP contribution in [0.15, 0.2) is 40.6 Å². The number of pyridine rings is 2. The Hall–Kier alpha value is -1.26. The Morgan fingerprint density at radius 1 is 1.31 bits per heavy atom. The fraction of sp³-hybridized carbons (Fsp3) is 0.0909. The summed E-state index contributed by atoms with van der Waals surface area (Å²) < 4.78 is 0. The Kier molecular flexibility index (Phi) is 3.31. The number of hydrogen-bond donors (Lipinski definition) is 1. The second kappa shape index (κ2) is 4.72. The second-order valence-electron chi connectivity index (χ2n) is 3.28. The molecule has 2 aromatic rings. The van der Waals surface area contributed by atoms with Gasteiger partial charge in [-0.2, -0.15) is 0 Å². The van der Waals surface area contributed by atoms with Gasteiger partial charge in [0.05, 0.1) is 16.9 Å². The third-order valence-corrected chi connectivity index (χ3v) is 3.53. The van der Waals surface area contributed by atoms with Crippen molar-refractivity contribution in [1.82, 2.24) is 9.97 Å². The molecule has 0 radical (unpaired) electrons. The molecule has 0 aliphatic heterocycles. The van der Waals surface area contributed by atoms with Crippen LogP contribution in [0.25, 0.3) is 0 Å². The van der Waals surface area contributed by atoms with Crippen molar-refractivity contribution in [3.63, 3.8) is 0 Å². The lowest BCUT2D eigenvalue weighted by Crippen LogP contribution is -1.91. The highest BCUT2D eigenvalue weighted by Gasteiger charge is 2.07. The highest BCUT2D eigenvalue weighted by Crippen LogP contribution is 2.31. The molecule has 2 aromatic heterocycles. The van der Waals surface area contributed by atoms with Crippen molar-refractivity contribution in [2.75, 3.05) is 5.73 Å². The highest BCUT2D eigenvalue weighted by atomic mass is 35.5. The zero-order valence-electron chi connectivity index (χ0n) is 8.64. The number of anilines is 1. The third-order valence-electron chi connectivity index (χ3n) is 1.97. The predicted octanol–water partition coefficient (Wildman–Crippen LogP) is 3.17. The summed E-state index contributed by atoms with van der Waals surface area (Å²) in [6.45, 7) is 1.96. The van der Waals surface area contributed by atoms with Crippen molar-refractivity contribution in [3.05, 3.63) is 41.2 Å².